The lowest BCUT2D eigenvalue weighted by atomic mass is 9.93. The summed E-state index contributed by atoms with van der Waals surface area (Å²) in [6.45, 7) is 6.20. The maximum absolute atomic E-state index is 13.1. The number of rotatable bonds is 5. The van der Waals surface area contributed by atoms with Crippen LogP contribution in [0.5, 0.6) is 0 Å². The Morgan fingerprint density at radius 3 is 2.37 bits per heavy atom. The highest BCUT2D eigenvalue weighted by Gasteiger charge is 2.31. The van der Waals surface area contributed by atoms with Crippen molar-refractivity contribution in [2.24, 2.45) is 4.99 Å². The molecule has 2 heterocycles. The van der Waals surface area contributed by atoms with Crippen LogP contribution in [0.15, 0.2) is 82.3 Å². The third kappa shape index (κ3) is 4.64. The van der Waals surface area contributed by atoms with Crippen LogP contribution in [-0.2, 0) is 4.79 Å². The number of hydrogen-bond donors (Lipinski definition) is 1. The number of fused-ring (bicyclic) bond motifs is 3. The average Bonchev–Trinajstić information content (AvgIpc) is 3.17. The molecule has 0 radical (unpaired) electrons. The fraction of sp³-hybridized carbons (Fsp3) is 0.207. The smallest absolute Gasteiger partial charge is 0.227 e. The Labute approximate surface area is 209 Å². The first-order valence-corrected chi connectivity index (χ1v) is 12.1. The number of aromatic nitrogens is 1. The number of carbonyl (C=O) groups is 1. The van der Waals surface area contributed by atoms with Gasteiger partial charge >= 0.3 is 0 Å². The van der Waals surface area contributed by atoms with E-state index in [0.29, 0.717) is 16.7 Å². The summed E-state index contributed by atoms with van der Waals surface area (Å²) in [5.41, 5.74) is 7.32. The molecular formula is C29H26ClN3O2. The Kier molecular flexibility index (Phi) is 6.27. The number of nitrogens with zero attached hydrogens (tertiary/aromatic N) is 2. The number of amides is 1. The molecule has 1 aromatic heterocycles. The van der Waals surface area contributed by atoms with Gasteiger partial charge in [-0.05, 0) is 48.2 Å². The minimum absolute atomic E-state index is 0.124. The van der Waals surface area contributed by atoms with E-state index in [2.05, 4.69) is 24.3 Å². The van der Waals surface area contributed by atoms with Crippen molar-refractivity contribution in [1.82, 2.24) is 5.16 Å². The molecule has 5 nitrogen and oxygen atoms in total. The van der Waals surface area contributed by atoms with Crippen molar-refractivity contribution in [1.29, 1.82) is 0 Å². The standard InChI is InChI=1S/C29H26ClN3O2/c1-17(2)19-10-14-22(15-11-19)31-26(34)16-25-29-27(18(3)33-35-29)23-6-4-5-7-24(23)28(32-25)20-8-12-21(30)13-9-20/h4-15,17,25H,16H2,1-3H3,(H,31,34). The molecule has 1 N–H and O–H groups in total. The van der Waals surface area contributed by atoms with Gasteiger partial charge in [-0.25, -0.2) is 0 Å². The van der Waals surface area contributed by atoms with Crippen LogP contribution in [-0.4, -0.2) is 16.8 Å². The lowest BCUT2D eigenvalue weighted by molar-refractivity contribution is -0.116. The van der Waals surface area contributed by atoms with Gasteiger partial charge < -0.3 is 9.84 Å². The van der Waals surface area contributed by atoms with Crippen molar-refractivity contribution < 1.29 is 9.32 Å². The van der Waals surface area contributed by atoms with Gasteiger partial charge in [-0.15, -0.1) is 0 Å². The summed E-state index contributed by atoms with van der Waals surface area (Å²) in [7, 11) is 0. The number of anilines is 1. The molecule has 35 heavy (non-hydrogen) atoms. The molecule has 1 aliphatic heterocycles. The van der Waals surface area contributed by atoms with Crippen LogP contribution in [0.25, 0.3) is 11.1 Å². The van der Waals surface area contributed by atoms with E-state index in [-0.39, 0.29) is 12.3 Å². The third-order valence-electron chi connectivity index (χ3n) is 6.29. The first kappa shape index (κ1) is 23.1. The van der Waals surface area contributed by atoms with Gasteiger partial charge in [-0.1, -0.05) is 79.1 Å². The van der Waals surface area contributed by atoms with Crippen molar-refractivity contribution in [2.75, 3.05) is 5.32 Å². The SMILES string of the molecule is Cc1noc2c1-c1ccccc1C(c1ccc(Cl)cc1)=NC2CC(=O)Nc1ccc(C(C)C)cc1. The predicted molar refractivity (Wildman–Crippen MR) is 140 cm³/mol. The van der Waals surface area contributed by atoms with Crippen molar-refractivity contribution in [2.45, 2.75) is 39.2 Å². The third-order valence-corrected chi connectivity index (χ3v) is 6.54. The highest BCUT2D eigenvalue weighted by atomic mass is 35.5. The molecule has 1 amide bonds. The van der Waals surface area contributed by atoms with Gasteiger partial charge in [0.25, 0.3) is 0 Å². The summed E-state index contributed by atoms with van der Waals surface area (Å²) in [5, 5.41) is 7.89. The van der Waals surface area contributed by atoms with E-state index >= 15 is 0 Å². The molecule has 1 unspecified atom stereocenters. The van der Waals surface area contributed by atoms with Crippen LogP contribution in [0.4, 0.5) is 5.69 Å². The van der Waals surface area contributed by atoms with Crippen LogP contribution in [0.2, 0.25) is 5.02 Å². The topological polar surface area (TPSA) is 67.5 Å². The predicted octanol–water partition coefficient (Wildman–Crippen LogP) is 7.35. The van der Waals surface area contributed by atoms with Gasteiger partial charge in [0, 0.05) is 21.8 Å². The number of carbonyl (C=O) groups excluding carboxylic acids is 1. The summed E-state index contributed by atoms with van der Waals surface area (Å²) in [4.78, 5) is 18.2. The van der Waals surface area contributed by atoms with E-state index in [1.807, 2.05) is 79.7 Å². The first-order chi connectivity index (χ1) is 16.9. The van der Waals surface area contributed by atoms with Gasteiger partial charge in [0.1, 0.15) is 6.04 Å². The Bertz CT molecular complexity index is 1400. The molecule has 6 heteroatoms. The monoisotopic (exact) mass is 483 g/mol. The van der Waals surface area contributed by atoms with E-state index in [0.717, 1.165) is 39.3 Å². The minimum Gasteiger partial charge on any atom is -0.358 e. The van der Waals surface area contributed by atoms with Crippen LogP contribution in [0, 0.1) is 6.92 Å². The fourth-order valence-corrected chi connectivity index (χ4v) is 4.58. The molecule has 0 aliphatic carbocycles. The molecule has 0 saturated carbocycles. The number of halogens is 1. The Morgan fingerprint density at radius 1 is 1.00 bits per heavy atom. The van der Waals surface area contributed by atoms with Crippen LogP contribution in [0.1, 0.15) is 60.4 Å². The van der Waals surface area contributed by atoms with Crippen molar-refractivity contribution >= 4 is 28.9 Å². The number of hydrogen-bond acceptors (Lipinski definition) is 4. The maximum atomic E-state index is 13.1. The van der Waals surface area contributed by atoms with Gasteiger partial charge in [0.15, 0.2) is 5.76 Å². The molecule has 0 bridgehead atoms. The van der Waals surface area contributed by atoms with Gasteiger partial charge in [0.05, 0.1) is 23.4 Å². The fourth-order valence-electron chi connectivity index (χ4n) is 4.45. The lowest BCUT2D eigenvalue weighted by Crippen LogP contribution is -2.16. The molecule has 1 aliphatic rings. The van der Waals surface area contributed by atoms with E-state index in [4.69, 9.17) is 21.1 Å². The Morgan fingerprint density at radius 2 is 1.69 bits per heavy atom. The summed E-state index contributed by atoms with van der Waals surface area (Å²) in [6.07, 6.45) is 0.124. The van der Waals surface area contributed by atoms with Gasteiger partial charge in [-0.2, -0.15) is 0 Å². The van der Waals surface area contributed by atoms with Crippen molar-refractivity contribution in [3.05, 3.63) is 106 Å². The molecule has 5 rings (SSSR count). The second kappa shape index (κ2) is 9.51. The number of aliphatic imine (C=N–C) groups is 1. The summed E-state index contributed by atoms with van der Waals surface area (Å²) >= 11 is 6.14. The molecule has 0 spiro atoms. The molecular weight excluding hydrogens is 458 g/mol. The van der Waals surface area contributed by atoms with Crippen LogP contribution < -0.4 is 5.32 Å². The number of aryl methyl sites for hydroxylation is 1. The molecule has 176 valence electrons. The zero-order valence-electron chi connectivity index (χ0n) is 19.9. The number of nitrogens with one attached hydrogen (secondary N) is 1. The average molecular weight is 484 g/mol. The normalized spacial score (nSPS) is 14.7. The zero-order chi connectivity index (χ0) is 24.5. The highest BCUT2D eigenvalue weighted by molar-refractivity contribution is 6.30. The lowest BCUT2D eigenvalue weighted by Gasteiger charge is -2.13. The van der Waals surface area contributed by atoms with E-state index in [9.17, 15) is 4.79 Å². The Hall–Kier alpha value is -3.70. The van der Waals surface area contributed by atoms with Crippen molar-refractivity contribution in [3.63, 3.8) is 0 Å². The molecule has 3 aromatic carbocycles. The zero-order valence-corrected chi connectivity index (χ0v) is 20.6. The summed E-state index contributed by atoms with van der Waals surface area (Å²) < 4.78 is 5.77. The summed E-state index contributed by atoms with van der Waals surface area (Å²) in [6, 6.07) is 23.1. The van der Waals surface area contributed by atoms with E-state index in [1.54, 1.807) is 0 Å². The second-order valence-electron chi connectivity index (χ2n) is 9.08. The van der Waals surface area contributed by atoms with E-state index < -0.39 is 6.04 Å². The Balaban J connectivity index is 1.53. The number of benzene rings is 3. The largest absolute Gasteiger partial charge is 0.358 e. The second-order valence-corrected chi connectivity index (χ2v) is 9.52. The van der Waals surface area contributed by atoms with Crippen molar-refractivity contribution in [3.8, 4) is 11.1 Å². The van der Waals surface area contributed by atoms with Gasteiger partial charge in [0.2, 0.25) is 5.91 Å². The first-order valence-electron chi connectivity index (χ1n) is 11.7. The maximum Gasteiger partial charge on any atom is 0.227 e. The molecule has 4 aromatic rings. The molecule has 1 atom stereocenters. The molecule has 0 saturated heterocycles. The molecule has 0 fully saturated rings. The summed E-state index contributed by atoms with van der Waals surface area (Å²) in [5.74, 6) is 0.891. The minimum atomic E-state index is -0.529. The highest BCUT2D eigenvalue weighted by Crippen LogP contribution is 2.41. The quantitative estimate of drug-likeness (QED) is 0.322. The van der Waals surface area contributed by atoms with Gasteiger partial charge in [-0.3, -0.25) is 9.79 Å². The van der Waals surface area contributed by atoms with E-state index in [1.165, 1.54) is 5.56 Å². The van der Waals surface area contributed by atoms with Crippen LogP contribution in [0.3, 0.4) is 0 Å². The van der Waals surface area contributed by atoms with Crippen LogP contribution >= 0.6 is 11.6 Å².